The van der Waals surface area contributed by atoms with Crippen molar-refractivity contribution >= 4 is 17.4 Å². The SMILES string of the molecule is Cc1ncc(C)n2nc(C3CC3c3nc(C(=O)O)cc(N4CCCC4)n3)nc12. The van der Waals surface area contributed by atoms with Gasteiger partial charge in [0.2, 0.25) is 0 Å². The quantitative estimate of drug-likeness (QED) is 0.734. The summed E-state index contributed by atoms with van der Waals surface area (Å²) >= 11 is 0. The molecule has 9 heteroatoms. The van der Waals surface area contributed by atoms with Crippen molar-refractivity contribution in [2.75, 3.05) is 18.0 Å². The van der Waals surface area contributed by atoms with Crippen LogP contribution in [0.3, 0.4) is 0 Å². The second kappa shape index (κ2) is 6.22. The van der Waals surface area contributed by atoms with Crippen LogP contribution in [-0.4, -0.2) is 53.7 Å². The minimum atomic E-state index is -1.02. The third-order valence-electron chi connectivity index (χ3n) is 5.56. The molecule has 0 radical (unpaired) electrons. The number of anilines is 1. The number of nitrogens with zero attached hydrogens (tertiary/aromatic N) is 7. The summed E-state index contributed by atoms with van der Waals surface area (Å²) < 4.78 is 1.82. The molecule has 1 N–H and O–H groups in total. The minimum absolute atomic E-state index is 0.0478. The molecule has 3 aromatic heterocycles. The molecule has 3 aromatic rings. The molecule has 9 nitrogen and oxygen atoms in total. The molecule has 2 atom stereocenters. The predicted octanol–water partition coefficient (Wildman–Crippen LogP) is 2.10. The highest BCUT2D eigenvalue weighted by Crippen LogP contribution is 2.52. The van der Waals surface area contributed by atoms with E-state index in [1.165, 1.54) is 0 Å². The lowest BCUT2D eigenvalue weighted by Crippen LogP contribution is -2.21. The van der Waals surface area contributed by atoms with Crippen LogP contribution in [0.5, 0.6) is 0 Å². The summed E-state index contributed by atoms with van der Waals surface area (Å²) in [5.74, 6) is 1.17. The molecule has 5 rings (SSSR count). The van der Waals surface area contributed by atoms with E-state index in [0.717, 1.165) is 55.2 Å². The standard InChI is InChI=1S/C19H21N7O2/c1-10-9-20-11(2)18-23-17(24-26(10)18)13-7-12(13)16-21-14(19(27)28)8-15(22-16)25-5-3-4-6-25/h8-9,12-13H,3-7H2,1-2H3,(H,27,28). The van der Waals surface area contributed by atoms with Gasteiger partial charge < -0.3 is 10.0 Å². The zero-order valence-corrected chi connectivity index (χ0v) is 15.8. The lowest BCUT2D eigenvalue weighted by Gasteiger charge is -2.17. The first-order valence-corrected chi connectivity index (χ1v) is 9.57. The van der Waals surface area contributed by atoms with Gasteiger partial charge in [0.1, 0.15) is 11.6 Å². The topological polar surface area (TPSA) is 109 Å². The van der Waals surface area contributed by atoms with Gasteiger partial charge in [-0.1, -0.05) is 0 Å². The molecule has 0 spiro atoms. The van der Waals surface area contributed by atoms with Crippen molar-refractivity contribution in [3.05, 3.63) is 41.0 Å². The van der Waals surface area contributed by atoms with Crippen LogP contribution >= 0.6 is 0 Å². The number of carboxylic acids is 1. The summed E-state index contributed by atoms with van der Waals surface area (Å²) in [6, 6.07) is 1.58. The van der Waals surface area contributed by atoms with Gasteiger partial charge in [-0.25, -0.2) is 24.3 Å². The van der Waals surface area contributed by atoms with E-state index in [1.807, 2.05) is 18.4 Å². The first-order chi connectivity index (χ1) is 13.5. The van der Waals surface area contributed by atoms with Crippen molar-refractivity contribution < 1.29 is 9.90 Å². The average Bonchev–Trinajstić information content (AvgIpc) is 3.09. The number of carbonyl (C=O) groups is 1. The van der Waals surface area contributed by atoms with Crippen LogP contribution in [0.4, 0.5) is 5.82 Å². The molecule has 1 saturated heterocycles. The number of aromatic nitrogens is 6. The van der Waals surface area contributed by atoms with E-state index >= 15 is 0 Å². The van der Waals surface area contributed by atoms with E-state index < -0.39 is 5.97 Å². The van der Waals surface area contributed by atoms with E-state index in [4.69, 9.17) is 4.98 Å². The maximum Gasteiger partial charge on any atom is 0.354 e. The summed E-state index contributed by atoms with van der Waals surface area (Å²) in [5, 5.41) is 14.1. The van der Waals surface area contributed by atoms with E-state index in [9.17, 15) is 9.90 Å². The molecule has 1 aliphatic carbocycles. The highest BCUT2D eigenvalue weighted by atomic mass is 16.4. The van der Waals surface area contributed by atoms with Crippen molar-refractivity contribution in [3.63, 3.8) is 0 Å². The van der Waals surface area contributed by atoms with Crippen LogP contribution in [-0.2, 0) is 0 Å². The summed E-state index contributed by atoms with van der Waals surface area (Å²) in [5.41, 5.74) is 2.58. The molecular weight excluding hydrogens is 358 g/mol. The molecule has 0 bridgehead atoms. The smallest absolute Gasteiger partial charge is 0.354 e. The van der Waals surface area contributed by atoms with Crippen LogP contribution in [0.15, 0.2) is 12.3 Å². The Morgan fingerprint density at radius 2 is 1.86 bits per heavy atom. The molecule has 28 heavy (non-hydrogen) atoms. The fraction of sp³-hybridized carbons (Fsp3) is 0.474. The van der Waals surface area contributed by atoms with Crippen LogP contribution in [0.2, 0.25) is 0 Å². The van der Waals surface area contributed by atoms with Gasteiger partial charge in [0.05, 0.1) is 11.4 Å². The molecule has 0 amide bonds. The summed E-state index contributed by atoms with van der Waals surface area (Å²) in [7, 11) is 0. The number of rotatable bonds is 4. The van der Waals surface area contributed by atoms with E-state index in [0.29, 0.717) is 11.6 Å². The molecule has 4 heterocycles. The van der Waals surface area contributed by atoms with Crippen molar-refractivity contribution in [2.24, 2.45) is 0 Å². The molecule has 1 aliphatic heterocycles. The van der Waals surface area contributed by atoms with Crippen molar-refractivity contribution in [3.8, 4) is 0 Å². The minimum Gasteiger partial charge on any atom is -0.477 e. The van der Waals surface area contributed by atoms with E-state index in [1.54, 1.807) is 12.3 Å². The highest BCUT2D eigenvalue weighted by Gasteiger charge is 2.45. The normalized spacial score (nSPS) is 21.4. The molecule has 2 aliphatic rings. The Morgan fingerprint density at radius 3 is 2.57 bits per heavy atom. The molecule has 1 saturated carbocycles. The van der Waals surface area contributed by atoms with Gasteiger partial charge >= 0.3 is 5.97 Å². The number of hydrogen-bond donors (Lipinski definition) is 1. The zero-order chi connectivity index (χ0) is 19.4. The van der Waals surface area contributed by atoms with Crippen LogP contribution in [0, 0.1) is 13.8 Å². The maximum atomic E-state index is 11.6. The Hall–Kier alpha value is -3.10. The molecule has 2 fully saturated rings. The van der Waals surface area contributed by atoms with E-state index in [-0.39, 0.29) is 17.5 Å². The first-order valence-electron chi connectivity index (χ1n) is 9.57. The van der Waals surface area contributed by atoms with Gasteiger partial charge in [-0.15, -0.1) is 0 Å². The predicted molar refractivity (Wildman–Crippen MR) is 101 cm³/mol. The number of carboxylic acid groups (broad SMARTS) is 1. The Balaban J connectivity index is 1.49. The van der Waals surface area contributed by atoms with Crippen molar-refractivity contribution in [1.82, 2.24) is 29.5 Å². The third kappa shape index (κ3) is 2.78. The maximum absolute atomic E-state index is 11.6. The first kappa shape index (κ1) is 17.0. The monoisotopic (exact) mass is 379 g/mol. The van der Waals surface area contributed by atoms with Gasteiger partial charge in [-0.2, -0.15) is 5.10 Å². The Morgan fingerprint density at radius 1 is 1.11 bits per heavy atom. The number of hydrogen-bond acceptors (Lipinski definition) is 7. The molecule has 144 valence electrons. The lowest BCUT2D eigenvalue weighted by atomic mass is 10.2. The second-order valence-corrected chi connectivity index (χ2v) is 7.61. The van der Waals surface area contributed by atoms with Crippen molar-refractivity contribution in [2.45, 2.75) is 44.9 Å². The molecule has 0 aromatic carbocycles. The Bertz CT molecular complexity index is 1050. The van der Waals surface area contributed by atoms with Gasteiger partial charge in [-0.05, 0) is 33.1 Å². The Kier molecular flexibility index (Phi) is 3.78. The number of aryl methyl sites for hydroxylation is 2. The molecular formula is C19H21N7O2. The third-order valence-corrected chi connectivity index (χ3v) is 5.56. The number of aromatic carboxylic acids is 1. The van der Waals surface area contributed by atoms with Gasteiger partial charge in [-0.3, -0.25) is 4.98 Å². The number of fused-ring (bicyclic) bond motifs is 1. The summed E-state index contributed by atoms with van der Waals surface area (Å²) in [4.78, 5) is 31.7. The van der Waals surface area contributed by atoms with Gasteiger partial charge in [0.25, 0.3) is 0 Å². The van der Waals surface area contributed by atoms with Crippen molar-refractivity contribution in [1.29, 1.82) is 0 Å². The fourth-order valence-corrected chi connectivity index (χ4v) is 3.87. The van der Waals surface area contributed by atoms with Gasteiger partial charge in [0, 0.05) is 37.2 Å². The highest BCUT2D eigenvalue weighted by molar-refractivity contribution is 5.86. The lowest BCUT2D eigenvalue weighted by molar-refractivity contribution is 0.0690. The van der Waals surface area contributed by atoms with Crippen LogP contribution < -0.4 is 4.90 Å². The second-order valence-electron chi connectivity index (χ2n) is 7.61. The summed E-state index contributed by atoms with van der Waals surface area (Å²) in [6.07, 6.45) is 4.81. The van der Waals surface area contributed by atoms with Crippen LogP contribution in [0.25, 0.3) is 5.65 Å². The Labute approximate surface area is 161 Å². The largest absolute Gasteiger partial charge is 0.477 e. The zero-order valence-electron chi connectivity index (χ0n) is 15.8. The van der Waals surface area contributed by atoms with E-state index in [2.05, 4.69) is 25.0 Å². The molecule has 2 unspecified atom stereocenters. The summed E-state index contributed by atoms with van der Waals surface area (Å²) in [6.45, 7) is 5.68. The fourth-order valence-electron chi connectivity index (χ4n) is 3.87. The average molecular weight is 379 g/mol. The van der Waals surface area contributed by atoms with Gasteiger partial charge in [0.15, 0.2) is 17.2 Å². The van der Waals surface area contributed by atoms with Crippen LogP contribution in [0.1, 0.15) is 64.6 Å².